The highest BCUT2D eigenvalue weighted by Crippen LogP contribution is 2.37. The van der Waals surface area contributed by atoms with Gasteiger partial charge in [-0.15, -0.1) is 0 Å². The lowest BCUT2D eigenvalue weighted by atomic mass is 10.0. The Bertz CT molecular complexity index is 1180. The molecule has 1 aromatic carbocycles. The summed E-state index contributed by atoms with van der Waals surface area (Å²) >= 11 is 0.845. The molecule has 11 heteroatoms. The Balaban J connectivity index is 1.74. The minimum atomic E-state index is -0.968. The van der Waals surface area contributed by atoms with Crippen LogP contribution in [0.25, 0.3) is 10.3 Å². The Labute approximate surface area is 180 Å². The molecule has 10 nitrogen and oxygen atoms in total. The summed E-state index contributed by atoms with van der Waals surface area (Å²) in [5.74, 6) is -1.06. The van der Waals surface area contributed by atoms with Crippen molar-refractivity contribution >= 4 is 39.4 Å². The maximum atomic E-state index is 12.9. The molecule has 2 aromatic heterocycles. The van der Waals surface area contributed by atoms with Gasteiger partial charge in [-0.25, -0.2) is 9.97 Å². The lowest BCUT2D eigenvalue weighted by molar-refractivity contribution is -0.153. The zero-order valence-electron chi connectivity index (χ0n) is 16.7. The van der Waals surface area contributed by atoms with Crippen LogP contribution in [0.5, 0.6) is 0 Å². The molecule has 0 saturated carbocycles. The van der Waals surface area contributed by atoms with Crippen molar-refractivity contribution in [3.05, 3.63) is 51.9 Å². The number of nitrogens with one attached hydrogen (secondary N) is 1. The number of nitrogens with zero attached hydrogens (tertiary/aromatic N) is 3. The highest BCUT2D eigenvalue weighted by molar-refractivity contribution is 7.17. The lowest BCUT2D eigenvalue weighted by Gasteiger charge is -2.21. The predicted molar refractivity (Wildman–Crippen MR) is 112 cm³/mol. The van der Waals surface area contributed by atoms with E-state index in [1.165, 1.54) is 17.8 Å². The first-order valence-corrected chi connectivity index (χ1v) is 10.4. The molecule has 3 heterocycles. The number of rotatable bonds is 5. The summed E-state index contributed by atoms with van der Waals surface area (Å²) < 4.78 is 12.9. The summed E-state index contributed by atoms with van der Waals surface area (Å²) in [5.41, 5.74) is 0.677. The molecule has 1 saturated heterocycles. The van der Waals surface area contributed by atoms with Gasteiger partial charge in [0, 0.05) is 18.4 Å². The van der Waals surface area contributed by atoms with Gasteiger partial charge in [0.1, 0.15) is 11.0 Å². The predicted octanol–water partition coefficient (Wildman–Crippen LogP) is 1.56. The molecule has 3 aromatic rings. The van der Waals surface area contributed by atoms with E-state index in [4.69, 9.17) is 9.47 Å². The fourth-order valence-corrected chi connectivity index (χ4v) is 4.47. The third kappa shape index (κ3) is 3.94. The second-order valence-electron chi connectivity index (χ2n) is 7.11. The highest BCUT2D eigenvalue weighted by atomic mass is 32.1. The first kappa shape index (κ1) is 21.1. The van der Waals surface area contributed by atoms with E-state index in [1.54, 1.807) is 37.3 Å². The summed E-state index contributed by atoms with van der Waals surface area (Å²) in [7, 11) is 0. The Morgan fingerprint density at radius 3 is 2.71 bits per heavy atom. The van der Waals surface area contributed by atoms with Gasteiger partial charge >= 0.3 is 10.8 Å². The van der Waals surface area contributed by atoms with Crippen LogP contribution in [-0.2, 0) is 14.3 Å². The van der Waals surface area contributed by atoms with Gasteiger partial charge in [-0.2, -0.15) is 0 Å². The number of aliphatic hydroxyl groups is 1. The second-order valence-corrected chi connectivity index (χ2v) is 8.08. The molecule has 0 bridgehead atoms. The summed E-state index contributed by atoms with van der Waals surface area (Å²) in [6, 6.07) is 8.60. The van der Waals surface area contributed by atoms with Crippen molar-refractivity contribution < 1.29 is 24.2 Å². The number of aromatic nitrogens is 3. The molecule has 0 aliphatic carbocycles. The minimum absolute atomic E-state index is 0.188. The van der Waals surface area contributed by atoms with Crippen LogP contribution in [0.2, 0.25) is 0 Å². The number of fused-ring (bicyclic) bond motifs is 1. The molecule has 1 amide bonds. The third-order valence-corrected chi connectivity index (χ3v) is 6.05. The SMILES string of the molecule is CC(=O)O[C@@H]1[C@H](C)[C@@H](CO)O[C@H]1n1c(=O)sc2c(NC(=O)c3ccccc3)ncnc21. The van der Waals surface area contributed by atoms with Crippen LogP contribution in [-0.4, -0.2) is 50.3 Å². The number of ether oxygens (including phenoxy) is 2. The largest absolute Gasteiger partial charge is 0.457 e. The van der Waals surface area contributed by atoms with E-state index in [1.807, 2.05) is 0 Å². The van der Waals surface area contributed by atoms with Crippen LogP contribution in [0.4, 0.5) is 5.82 Å². The fourth-order valence-electron chi connectivity index (χ4n) is 3.56. The summed E-state index contributed by atoms with van der Waals surface area (Å²) in [5, 5.41) is 12.3. The maximum Gasteiger partial charge on any atom is 0.311 e. The molecule has 1 fully saturated rings. The van der Waals surface area contributed by atoms with Crippen LogP contribution in [0.3, 0.4) is 0 Å². The van der Waals surface area contributed by atoms with Gasteiger partial charge in [0.15, 0.2) is 23.8 Å². The van der Waals surface area contributed by atoms with Crippen molar-refractivity contribution in [1.29, 1.82) is 0 Å². The Morgan fingerprint density at radius 1 is 1.29 bits per heavy atom. The Morgan fingerprint density at radius 2 is 2.03 bits per heavy atom. The molecule has 0 radical (unpaired) electrons. The zero-order valence-corrected chi connectivity index (χ0v) is 17.5. The number of benzene rings is 1. The Hall–Kier alpha value is -3.15. The van der Waals surface area contributed by atoms with E-state index in [0.717, 1.165) is 11.3 Å². The lowest BCUT2D eigenvalue weighted by Crippen LogP contribution is -2.33. The third-order valence-electron chi connectivity index (χ3n) is 5.10. The first-order chi connectivity index (χ1) is 14.9. The average molecular weight is 444 g/mol. The van der Waals surface area contributed by atoms with Gasteiger partial charge in [0.2, 0.25) is 0 Å². The monoisotopic (exact) mass is 444 g/mol. The number of aliphatic hydroxyl groups excluding tert-OH is 1. The molecule has 0 spiro atoms. The van der Waals surface area contributed by atoms with Crippen LogP contribution in [0.15, 0.2) is 41.5 Å². The van der Waals surface area contributed by atoms with Crippen LogP contribution in [0.1, 0.15) is 30.4 Å². The standard InChI is InChI=1S/C20H20N4O6S/c1-10-13(8-25)30-19(14(10)29-11(2)26)24-17-15(31-20(24)28)16(21-9-22-17)23-18(27)12-6-4-3-5-7-12/h3-7,9-10,13-14,19,25H,8H2,1-2H3,(H,21,22,23,27)/t10-,13-,14-,19-/m1/s1. The van der Waals surface area contributed by atoms with E-state index in [9.17, 15) is 19.5 Å². The van der Waals surface area contributed by atoms with E-state index in [-0.39, 0.29) is 29.9 Å². The van der Waals surface area contributed by atoms with Crippen LogP contribution < -0.4 is 10.2 Å². The number of thiazole rings is 1. The summed E-state index contributed by atoms with van der Waals surface area (Å²) in [4.78, 5) is 44.9. The smallest absolute Gasteiger partial charge is 0.311 e. The number of amides is 1. The summed E-state index contributed by atoms with van der Waals surface area (Å²) in [6.45, 7) is 2.75. The molecule has 31 heavy (non-hydrogen) atoms. The van der Waals surface area contributed by atoms with Gasteiger partial charge in [-0.3, -0.25) is 19.0 Å². The van der Waals surface area contributed by atoms with Crippen molar-refractivity contribution in [3.63, 3.8) is 0 Å². The number of esters is 1. The number of anilines is 1. The number of carbonyl (C=O) groups is 2. The molecule has 162 valence electrons. The van der Waals surface area contributed by atoms with Gasteiger partial charge in [0.25, 0.3) is 5.91 Å². The maximum absolute atomic E-state index is 12.9. The highest BCUT2D eigenvalue weighted by Gasteiger charge is 2.46. The van der Waals surface area contributed by atoms with E-state index in [0.29, 0.717) is 10.3 Å². The molecule has 4 atom stereocenters. The van der Waals surface area contributed by atoms with Crippen molar-refractivity contribution in [3.8, 4) is 0 Å². The molecule has 0 unspecified atom stereocenters. The van der Waals surface area contributed by atoms with Gasteiger partial charge in [-0.05, 0) is 12.1 Å². The molecule has 4 rings (SSSR count). The quantitative estimate of drug-likeness (QED) is 0.567. The molecule has 1 aliphatic rings. The van der Waals surface area contributed by atoms with E-state index >= 15 is 0 Å². The number of carbonyl (C=O) groups excluding carboxylic acids is 2. The number of hydrogen-bond donors (Lipinski definition) is 2. The minimum Gasteiger partial charge on any atom is -0.457 e. The molecule has 2 N–H and O–H groups in total. The molecule has 1 aliphatic heterocycles. The normalized spacial score (nSPS) is 23.1. The van der Waals surface area contributed by atoms with Crippen LogP contribution in [0, 0.1) is 5.92 Å². The van der Waals surface area contributed by atoms with Gasteiger partial charge < -0.3 is 19.9 Å². The number of hydrogen-bond acceptors (Lipinski definition) is 9. The second kappa shape index (κ2) is 8.53. The van der Waals surface area contributed by atoms with Crippen molar-refractivity contribution in [2.45, 2.75) is 32.3 Å². The Kier molecular flexibility index (Phi) is 5.81. The van der Waals surface area contributed by atoms with Gasteiger partial charge in [0.05, 0.1) is 12.7 Å². The van der Waals surface area contributed by atoms with Crippen molar-refractivity contribution in [2.24, 2.45) is 5.92 Å². The molecular formula is C20H20N4O6S. The van der Waals surface area contributed by atoms with Crippen LogP contribution >= 0.6 is 11.3 Å². The first-order valence-electron chi connectivity index (χ1n) is 9.56. The average Bonchev–Trinajstić information content (AvgIpc) is 3.25. The van der Waals surface area contributed by atoms with Gasteiger partial charge in [-0.1, -0.05) is 36.5 Å². The van der Waals surface area contributed by atoms with Crippen molar-refractivity contribution in [2.75, 3.05) is 11.9 Å². The van der Waals surface area contributed by atoms with E-state index < -0.39 is 29.3 Å². The fraction of sp³-hybridized carbons (Fsp3) is 0.350. The topological polar surface area (TPSA) is 133 Å². The molecular weight excluding hydrogens is 424 g/mol. The van der Waals surface area contributed by atoms with Crippen molar-refractivity contribution in [1.82, 2.24) is 14.5 Å². The summed E-state index contributed by atoms with van der Waals surface area (Å²) in [6.07, 6.45) is -1.14. The zero-order chi connectivity index (χ0) is 22.1. The van der Waals surface area contributed by atoms with E-state index in [2.05, 4.69) is 15.3 Å².